The highest BCUT2D eigenvalue weighted by atomic mass is 35.5. The van der Waals surface area contributed by atoms with Gasteiger partial charge in [-0.15, -0.1) is 0 Å². The van der Waals surface area contributed by atoms with Gasteiger partial charge in [-0.25, -0.2) is 0 Å². The van der Waals surface area contributed by atoms with Crippen molar-refractivity contribution >= 4 is 33.8 Å². The Bertz CT molecular complexity index is 668. The summed E-state index contributed by atoms with van der Waals surface area (Å²) < 4.78 is 5.59. The van der Waals surface area contributed by atoms with E-state index in [9.17, 15) is 0 Å². The molecule has 3 aromatic rings. The van der Waals surface area contributed by atoms with Crippen LogP contribution >= 0.6 is 22.9 Å². The first-order valence-corrected chi connectivity index (χ1v) is 6.21. The number of ether oxygens (including phenoxy) is 1. The third-order valence-electron chi connectivity index (χ3n) is 2.24. The van der Waals surface area contributed by atoms with Crippen molar-refractivity contribution in [3.63, 3.8) is 0 Å². The van der Waals surface area contributed by atoms with Crippen LogP contribution in [0.5, 0.6) is 10.9 Å². The highest BCUT2D eigenvalue weighted by molar-refractivity contribution is 7.11. The molecule has 0 aliphatic rings. The molecular weight excluding hydrogens is 256 g/mol. The van der Waals surface area contributed by atoms with Crippen LogP contribution in [0.4, 0.5) is 0 Å². The fraction of sp³-hybridized carbons (Fsp3) is 0. The Morgan fingerprint density at radius 1 is 1.24 bits per heavy atom. The SMILES string of the molecule is Clc1csc(Oc2ccc3cccnc3c2)n1. The van der Waals surface area contributed by atoms with E-state index in [0.29, 0.717) is 16.1 Å². The molecule has 5 heteroatoms. The first-order valence-electron chi connectivity index (χ1n) is 4.95. The first kappa shape index (κ1) is 10.5. The molecule has 3 nitrogen and oxygen atoms in total. The Labute approximate surface area is 107 Å². The summed E-state index contributed by atoms with van der Waals surface area (Å²) in [6.45, 7) is 0. The Morgan fingerprint density at radius 2 is 2.18 bits per heavy atom. The summed E-state index contributed by atoms with van der Waals surface area (Å²) >= 11 is 7.09. The maximum Gasteiger partial charge on any atom is 0.280 e. The van der Waals surface area contributed by atoms with Gasteiger partial charge < -0.3 is 4.74 Å². The molecule has 0 saturated carbocycles. The lowest BCUT2D eigenvalue weighted by Gasteiger charge is -2.02. The van der Waals surface area contributed by atoms with Gasteiger partial charge in [-0.2, -0.15) is 4.98 Å². The lowest BCUT2D eigenvalue weighted by Crippen LogP contribution is -1.84. The smallest absolute Gasteiger partial charge is 0.280 e. The zero-order valence-electron chi connectivity index (χ0n) is 8.63. The topological polar surface area (TPSA) is 35.0 Å². The van der Waals surface area contributed by atoms with Crippen LogP contribution in [0.3, 0.4) is 0 Å². The van der Waals surface area contributed by atoms with E-state index in [4.69, 9.17) is 16.3 Å². The molecule has 0 aliphatic carbocycles. The van der Waals surface area contributed by atoms with Crippen LogP contribution in [-0.2, 0) is 0 Å². The molecule has 0 fully saturated rings. The predicted molar refractivity (Wildman–Crippen MR) is 68.9 cm³/mol. The summed E-state index contributed by atoms with van der Waals surface area (Å²) in [4.78, 5) is 8.29. The number of halogens is 1. The van der Waals surface area contributed by atoms with Gasteiger partial charge in [0.15, 0.2) is 0 Å². The quantitative estimate of drug-likeness (QED) is 0.696. The standard InChI is InChI=1S/C12H7ClN2OS/c13-11-7-17-12(15-11)16-9-4-3-8-2-1-5-14-10(8)6-9/h1-7H. The van der Waals surface area contributed by atoms with E-state index in [2.05, 4.69) is 9.97 Å². The lowest BCUT2D eigenvalue weighted by atomic mass is 10.2. The second kappa shape index (κ2) is 4.31. The fourth-order valence-corrected chi connectivity index (χ4v) is 2.30. The van der Waals surface area contributed by atoms with Crippen LogP contribution in [0.15, 0.2) is 41.9 Å². The molecule has 17 heavy (non-hydrogen) atoms. The first-order chi connectivity index (χ1) is 8.31. The van der Waals surface area contributed by atoms with Gasteiger partial charge in [0.1, 0.15) is 10.9 Å². The van der Waals surface area contributed by atoms with Gasteiger partial charge >= 0.3 is 0 Å². The largest absolute Gasteiger partial charge is 0.431 e. The van der Waals surface area contributed by atoms with Crippen LogP contribution in [0.2, 0.25) is 5.15 Å². The predicted octanol–water partition coefficient (Wildman–Crippen LogP) is 4.14. The van der Waals surface area contributed by atoms with E-state index in [1.165, 1.54) is 11.3 Å². The number of benzene rings is 1. The van der Waals surface area contributed by atoms with Gasteiger partial charge in [0.05, 0.1) is 5.52 Å². The molecule has 2 heterocycles. The zero-order valence-corrected chi connectivity index (χ0v) is 10.2. The number of fused-ring (bicyclic) bond motifs is 1. The Kier molecular flexibility index (Phi) is 2.66. The molecule has 0 bridgehead atoms. The Balaban J connectivity index is 1.95. The van der Waals surface area contributed by atoms with Gasteiger partial charge in [0.25, 0.3) is 5.19 Å². The number of hydrogen-bond acceptors (Lipinski definition) is 4. The average molecular weight is 263 g/mol. The molecule has 0 saturated heterocycles. The van der Waals surface area contributed by atoms with Gasteiger partial charge in [-0.05, 0) is 18.2 Å². The van der Waals surface area contributed by atoms with Crippen molar-refractivity contribution in [3.05, 3.63) is 47.1 Å². The molecule has 0 amide bonds. The summed E-state index contributed by atoms with van der Waals surface area (Å²) in [7, 11) is 0. The highest BCUT2D eigenvalue weighted by Crippen LogP contribution is 2.28. The van der Waals surface area contributed by atoms with Crippen molar-refractivity contribution in [1.29, 1.82) is 0 Å². The third-order valence-corrected chi connectivity index (χ3v) is 3.28. The molecule has 2 aromatic heterocycles. The second-order valence-electron chi connectivity index (χ2n) is 3.40. The van der Waals surface area contributed by atoms with E-state index < -0.39 is 0 Å². The summed E-state index contributed by atoms with van der Waals surface area (Å²) in [5.41, 5.74) is 0.896. The van der Waals surface area contributed by atoms with Gasteiger partial charge in [-0.3, -0.25) is 4.98 Å². The van der Waals surface area contributed by atoms with E-state index in [-0.39, 0.29) is 0 Å². The summed E-state index contributed by atoms with van der Waals surface area (Å²) in [6.07, 6.45) is 1.76. The van der Waals surface area contributed by atoms with E-state index in [1.54, 1.807) is 11.6 Å². The Hall–Kier alpha value is -1.65. The van der Waals surface area contributed by atoms with Crippen LogP contribution in [0.1, 0.15) is 0 Å². The summed E-state index contributed by atoms with van der Waals surface area (Å²) in [5, 5.41) is 3.79. The van der Waals surface area contributed by atoms with Crippen molar-refractivity contribution in [1.82, 2.24) is 9.97 Å². The normalized spacial score (nSPS) is 10.6. The van der Waals surface area contributed by atoms with E-state index in [0.717, 1.165) is 10.9 Å². The van der Waals surface area contributed by atoms with Gasteiger partial charge in [0, 0.05) is 23.0 Å². The number of hydrogen-bond donors (Lipinski definition) is 0. The summed E-state index contributed by atoms with van der Waals surface area (Å²) in [5.74, 6) is 0.710. The highest BCUT2D eigenvalue weighted by Gasteiger charge is 2.03. The molecule has 0 atom stereocenters. The average Bonchev–Trinajstić information content (AvgIpc) is 2.75. The van der Waals surface area contributed by atoms with Crippen molar-refractivity contribution in [2.75, 3.05) is 0 Å². The summed E-state index contributed by atoms with van der Waals surface area (Å²) in [6, 6.07) is 9.65. The minimum absolute atomic E-state index is 0.448. The molecule has 0 unspecified atom stereocenters. The van der Waals surface area contributed by atoms with Crippen molar-refractivity contribution in [3.8, 4) is 10.9 Å². The van der Waals surface area contributed by atoms with Crippen LogP contribution in [0.25, 0.3) is 10.9 Å². The van der Waals surface area contributed by atoms with E-state index in [1.807, 2.05) is 30.3 Å². The lowest BCUT2D eigenvalue weighted by molar-refractivity contribution is 0.479. The number of rotatable bonds is 2. The fourth-order valence-electron chi connectivity index (χ4n) is 1.50. The second-order valence-corrected chi connectivity index (χ2v) is 4.60. The van der Waals surface area contributed by atoms with Crippen molar-refractivity contribution in [2.24, 2.45) is 0 Å². The monoisotopic (exact) mass is 262 g/mol. The van der Waals surface area contributed by atoms with E-state index >= 15 is 0 Å². The van der Waals surface area contributed by atoms with Crippen molar-refractivity contribution in [2.45, 2.75) is 0 Å². The number of nitrogens with zero attached hydrogens (tertiary/aromatic N) is 2. The molecule has 1 aromatic carbocycles. The maximum absolute atomic E-state index is 5.73. The van der Waals surface area contributed by atoms with Crippen molar-refractivity contribution < 1.29 is 4.74 Å². The van der Waals surface area contributed by atoms with Crippen LogP contribution in [-0.4, -0.2) is 9.97 Å². The number of aromatic nitrogens is 2. The molecule has 3 rings (SSSR count). The minimum atomic E-state index is 0.448. The molecule has 84 valence electrons. The molecule has 0 spiro atoms. The number of thiazole rings is 1. The van der Waals surface area contributed by atoms with Crippen LogP contribution < -0.4 is 4.74 Å². The third kappa shape index (κ3) is 2.23. The van der Waals surface area contributed by atoms with Gasteiger partial charge in [0.2, 0.25) is 0 Å². The maximum atomic E-state index is 5.73. The zero-order chi connectivity index (χ0) is 11.7. The molecule has 0 aliphatic heterocycles. The molecule has 0 radical (unpaired) electrons. The van der Waals surface area contributed by atoms with Crippen LogP contribution in [0, 0.1) is 0 Å². The van der Waals surface area contributed by atoms with Gasteiger partial charge in [-0.1, -0.05) is 29.0 Å². The molecular formula is C12H7ClN2OS. The minimum Gasteiger partial charge on any atom is -0.431 e. The Morgan fingerprint density at radius 3 is 3.00 bits per heavy atom. The number of pyridine rings is 1. The molecule has 0 N–H and O–H groups in total.